The Balaban J connectivity index is 0.717. The molecule has 18 heteroatoms. The topological polar surface area (TPSA) is 201 Å². The van der Waals surface area contributed by atoms with Crippen LogP contribution in [0.2, 0.25) is 0 Å². The molecule has 1 aromatic carbocycles. The van der Waals surface area contributed by atoms with Crippen molar-refractivity contribution in [3.8, 4) is 0 Å². The van der Waals surface area contributed by atoms with Crippen LogP contribution in [0.1, 0.15) is 95.1 Å². The van der Waals surface area contributed by atoms with E-state index < -0.39 is 11.7 Å². The molecule has 66 heavy (non-hydrogen) atoms. The van der Waals surface area contributed by atoms with Crippen LogP contribution < -0.4 is 31.6 Å². The van der Waals surface area contributed by atoms with Crippen molar-refractivity contribution < 1.29 is 14.0 Å². The number of H-pyrrole nitrogens is 2. The molecule has 0 aliphatic carbocycles. The van der Waals surface area contributed by atoms with Crippen molar-refractivity contribution >= 4 is 45.1 Å². The monoisotopic (exact) mass is 895 g/mol. The van der Waals surface area contributed by atoms with E-state index in [-0.39, 0.29) is 46.9 Å². The Labute approximate surface area is 380 Å². The fourth-order valence-corrected chi connectivity index (χ4v) is 10.4. The number of halogens is 1. The smallest absolute Gasteiger partial charge is 0.270 e. The highest BCUT2D eigenvalue weighted by atomic mass is 19.1. The summed E-state index contributed by atoms with van der Waals surface area (Å²) in [6, 6.07) is 16.2. The zero-order valence-corrected chi connectivity index (χ0v) is 37.0. The normalized spacial score (nSPS) is 20.3. The van der Waals surface area contributed by atoms with E-state index in [1.54, 1.807) is 37.6 Å². The minimum absolute atomic E-state index is 0.0451. The maximum Gasteiger partial charge on any atom is 0.270 e. The average molecular weight is 896 g/mol. The van der Waals surface area contributed by atoms with Gasteiger partial charge in [-0.25, -0.2) is 24.3 Å². The van der Waals surface area contributed by atoms with Gasteiger partial charge in [0.2, 0.25) is 0 Å². The Morgan fingerprint density at radius 1 is 0.682 bits per heavy atom. The summed E-state index contributed by atoms with van der Waals surface area (Å²) >= 11 is 0. The minimum atomic E-state index is -0.483. The van der Waals surface area contributed by atoms with Crippen molar-refractivity contribution in [1.82, 2.24) is 55.3 Å². The summed E-state index contributed by atoms with van der Waals surface area (Å²) in [6.07, 6.45) is 9.83. The molecule has 4 aliphatic rings. The first-order valence-corrected chi connectivity index (χ1v) is 23.2. The van der Waals surface area contributed by atoms with E-state index in [9.17, 15) is 19.2 Å². The van der Waals surface area contributed by atoms with Crippen LogP contribution in [0, 0.1) is 5.82 Å². The number of hydrogen-bond acceptors (Lipinski definition) is 13. The Morgan fingerprint density at radius 2 is 1.35 bits per heavy atom. The predicted molar refractivity (Wildman–Crippen MR) is 248 cm³/mol. The summed E-state index contributed by atoms with van der Waals surface area (Å²) in [5, 5.41) is 6.44. The number of nitrogens with one attached hydrogen (secondary N) is 4. The van der Waals surface area contributed by atoms with E-state index in [2.05, 4.69) is 50.3 Å². The Bertz CT molecular complexity index is 2880. The van der Waals surface area contributed by atoms with Crippen molar-refractivity contribution in [2.45, 2.75) is 75.4 Å². The number of rotatable bonds is 10. The number of piperidine rings is 3. The van der Waals surface area contributed by atoms with Gasteiger partial charge in [0.05, 0.1) is 52.1 Å². The van der Waals surface area contributed by atoms with Gasteiger partial charge in [0.1, 0.15) is 23.0 Å². The molecule has 9 heterocycles. The van der Waals surface area contributed by atoms with Crippen LogP contribution in [0.3, 0.4) is 0 Å². The number of aromatic nitrogens is 7. The van der Waals surface area contributed by atoms with Crippen LogP contribution in [0.4, 0.5) is 15.9 Å². The van der Waals surface area contributed by atoms with Gasteiger partial charge in [0.15, 0.2) is 11.6 Å². The molecule has 0 bridgehead atoms. The van der Waals surface area contributed by atoms with Gasteiger partial charge >= 0.3 is 0 Å². The van der Waals surface area contributed by atoms with Crippen molar-refractivity contribution in [2.75, 3.05) is 69.2 Å². The first-order chi connectivity index (χ1) is 32.2. The summed E-state index contributed by atoms with van der Waals surface area (Å²) in [5.41, 5.74) is 2.85. The molecule has 10 rings (SSSR count). The van der Waals surface area contributed by atoms with Crippen LogP contribution in [0.15, 0.2) is 76.6 Å². The highest BCUT2D eigenvalue weighted by molar-refractivity contribution is 5.93. The number of para-hydroxylation sites is 1. The Kier molecular flexibility index (Phi) is 12.2. The number of nitrogens with zero attached hydrogens (tertiary/aromatic N) is 9. The van der Waals surface area contributed by atoms with Crippen LogP contribution >= 0.6 is 0 Å². The molecule has 0 spiro atoms. The summed E-state index contributed by atoms with van der Waals surface area (Å²) in [5.74, 6) is 0.616. The second-order valence-corrected chi connectivity index (χ2v) is 18.0. The Morgan fingerprint density at radius 3 is 2.08 bits per heavy atom. The molecule has 2 unspecified atom stereocenters. The van der Waals surface area contributed by atoms with E-state index in [1.807, 2.05) is 29.2 Å². The van der Waals surface area contributed by atoms with Crippen molar-refractivity contribution in [3.05, 3.63) is 122 Å². The summed E-state index contributed by atoms with van der Waals surface area (Å²) < 4.78 is 15.2. The van der Waals surface area contributed by atoms with Gasteiger partial charge in [-0.3, -0.25) is 34.0 Å². The molecule has 0 saturated carbocycles. The molecule has 4 aliphatic heterocycles. The number of benzene rings is 1. The minimum Gasteiger partial charge on any atom is -0.370 e. The SMILES string of the molecule is CNC(=O)c1ccc(N2CCC(N3CCCC(c4nc5cnc(CNC(=O)c6ccc(F)c(N7CCC(N8CCC(c9nc%10ccccc%10c(=O)[nH]9)C8)CC7)n6)cc5c(=O)[nH]4)C3)CC2)cn1. The second kappa shape index (κ2) is 18.7. The third-order valence-electron chi connectivity index (χ3n) is 14.1. The molecule has 4 N–H and O–H groups in total. The van der Waals surface area contributed by atoms with E-state index in [4.69, 9.17) is 9.97 Å². The van der Waals surface area contributed by atoms with Gasteiger partial charge in [-0.2, -0.15) is 0 Å². The lowest BCUT2D eigenvalue weighted by atomic mass is 9.93. The number of carbonyl (C=O) groups is 2. The summed E-state index contributed by atoms with van der Waals surface area (Å²) in [4.78, 5) is 89.7. The molecule has 2 amide bonds. The fourth-order valence-electron chi connectivity index (χ4n) is 10.4. The summed E-state index contributed by atoms with van der Waals surface area (Å²) in [6.45, 7) is 6.53. The number of pyridine rings is 3. The lowest BCUT2D eigenvalue weighted by molar-refractivity contribution is 0.0941. The zero-order valence-electron chi connectivity index (χ0n) is 37.0. The number of anilines is 2. The first kappa shape index (κ1) is 43.2. The van der Waals surface area contributed by atoms with E-state index >= 15 is 4.39 Å². The average Bonchev–Trinajstić information content (AvgIpc) is 3.87. The van der Waals surface area contributed by atoms with Crippen LogP contribution in [-0.4, -0.2) is 128 Å². The van der Waals surface area contributed by atoms with Crippen LogP contribution in [0.25, 0.3) is 21.8 Å². The van der Waals surface area contributed by atoms with E-state index in [0.29, 0.717) is 64.2 Å². The number of hydrogen-bond donors (Lipinski definition) is 4. The molecular weight excluding hydrogens is 842 g/mol. The van der Waals surface area contributed by atoms with Crippen molar-refractivity contribution in [2.24, 2.45) is 0 Å². The third kappa shape index (κ3) is 8.98. The maximum atomic E-state index is 15.2. The largest absolute Gasteiger partial charge is 0.370 e. The number of likely N-dealkylation sites (tertiary alicyclic amines) is 2. The predicted octanol–water partition coefficient (Wildman–Crippen LogP) is 4.08. The number of amides is 2. The van der Waals surface area contributed by atoms with Crippen molar-refractivity contribution in [3.63, 3.8) is 0 Å². The van der Waals surface area contributed by atoms with Gasteiger partial charge in [-0.05, 0) is 100 Å². The van der Waals surface area contributed by atoms with Gasteiger partial charge in [0, 0.05) is 70.2 Å². The summed E-state index contributed by atoms with van der Waals surface area (Å²) in [7, 11) is 1.60. The second-order valence-electron chi connectivity index (χ2n) is 18.0. The van der Waals surface area contributed by atoms with E-state index in [0.717, 1.165) is 95.7 Å². The highest BCUT2D eigenvalue weighted by Gasteiger charge is 2.34. The van der Waals surface area contributed by atoms with Gasteiger partial charge in [0.25, 0.3) is 22.9 Å². The molecule has 4 fully saturated rings. The molecule has 4 saturated heterocycles. The van der Waals surface area contributed by atoms with Crippen LogP contribution in [0.5, 0.6) is 0 Å². The molecule has 5 aromatic heterocycles. The molecule has 6 aromatic rings. The number of fused-ring (bicyclic) bond motifs is 2. The maximum absolute atomic E-state index is 15.2. The van der Waals surface area contributed by atoms with E-state index in [1.165, 1.54) is 12.1 Å². The van der Waals surface area contributed by atoms with Gasteiger partial charge < -0.3 is 30.4 Å². The lowest BCUT2D eigenvalue weighted by Crippen LogP contribution is -2.48. The fraction of sp³-hybridized carbons (Fsp3) is 0.438. The van der Waals surface area contributed by atoms with Crippen molar-refractivity contribution in [1.29, 1.82) is 0 Å². The van der Waals surface area contributed by atoms with Crippen LogP contribution in [-0.2, 0) is 6.54 Å². The number of aromatic amines is 2. The highest BCUT2D eigenvalue weighted by Crippen LogP contribution is 2.32. The zero-order chi connectivity index (χ0) is 45.3. The third-order valence-corrected chi connectivity index (χ3v) is 14.1. The Hall–Kier alpha value is -6.66. The lowest BCUT2D eigenvalue weighted by Gasteiger charge is -2.42. The standard InChI is InChI=1S/C48H54FN13O4/c1-50-47(65)39-10-8-34(25-52-39)59-19-13-32(14-20-59)61-17-4-5-29(27-61)42-55-41-26-51-31(23-36(41)46(64)58-42)24-53-48(66)40-11-9-37(49)44(56-40)60-21-15-33(16-22-60)62-18-12-30(28-62)43-54-38-7-3-2-6-35(38)45(63)57-43/h2-3,6-11,23,25-26,29-30,32-33H,4-5,12-22,24,27-28H2,1H3,(H,50,65)(H,53,66)(H,54,57,63)(H,55,58,64). The molecule has 2 atom stereocenters. The molecule has 17 nitrogen and oxygen atoms in total. The van der Waals surface area contributed by atoms with Gasteiger partial charge in [-0.15, -0.1) is 0 Å². The quantitative estimate of drug-likeness (QED) is 0.154. The van der Waals surface area contributed by atoms with Gasteiger partial charge in [-0.1, -0.05) is 12.1 Å². The molecular formula is C48H54FN13O4. The molecule has 342 valence electrons. The first-order valence-electron chi connectivity index (χ1n) is 23.2. The number of carbonyl (C=O) groups excluding carboxylic acids is 2. The molecule has 0 radical (unpaired) electrons.